The fraction of sp³-hybridized carbons (Fsp3) is 0.375. The topological polar surface area (TPSA) is 64.4 Å². The van der Waals surface area contributed by atoms with Crippen molar-refractivity contribution in [2.24, 2.45) is 0 Å². The number of aryl methyl sites for hydroxylation is 1. The van der Waals surface area contributed by atoms with Gasteiger partial charge in [0.1, 0.15) is 11.5 Å². The first-order valence-corrected chi connectivity index (χ1v) is 7.94. The molecule has 6 heteroatoms. The Kier molecular flexibility index (Phi) is 5.60. The summed E-state index contributed by atoms with van der Waals surface area (Å²) >= 11 is 3.48. The van der Waals surface area contributed by atoms with Gasteiger partial charge in [-0.1, -0.05) is 25.1 Å². The highest BCUT2D eigenvalue weighted by Crippen LogP contribution is 2.30. The van der Waals surface area contributed by atoms with Gasteiger partial charge in [0.2, 0.25) is 0 Å². The Morgan fingerprint density at radius 3 is 2.82 bits per heavy atom. The smallest absolute Gasteiger partial charge is 0.263 e. The minimum Gasteiger partial charge on any atom is -0.483 e. The van der Waals surface area contributed by atoms with Crippen molar-refractivity contribution < 1.29 is 14.1 Å². The monoisotopic (exact) mass is 366 g/mol. The average Bonchev–Trinajstić information content (AvgIpc) is 2.90. The van der Waals surface area contributed by atoms with Crippen molar-refractivity contribution >= 4 is 27.7 Å². The number of nitrogens with one attached hydrogen (secondary N) is 1. The molecule has 0 aliphatic carbocycles. The van der Waals surface area contributed by atoms with E-state index in [0.717, 1.165) is 10.9 Å². The Morgan fingerprint density at radius 2 is 2.23 bits per heavy atom. The van der Waals surface area contributed by atoms with Gasteiger partial charge in [0, 0.05) is 6.07 Å². The lowest BCUT2D eigenvalue weighted by Gasteiger charge is -2.12. The summed E-state index contributed by atoms with van der Waals surface area (Å²) in [5.74, 6) is 1.87. The van der Waals surface area contributed by atoms with Gasteiger partial charge in [-0.25, -0.2) is 0 Å². The number of anilines is 1. The number of nitrogens with zero attached hydrogens (tertiary/aromatic N) is 1. The van der Waals surface area contributed by atoms with E-state index in [0.29, 0.717) is 23.2 Å². The number of carbonyl (C=O) groups is 1. The number of carbonyl (C=O) groups excluding carboxylic acids is 1. The van der Waals surface area contributed by atoms with E-state index >= 15 is 0 Å². The molecule has 0 fully saturated rings. The zero-order chi connectivity index (χ0) is 16.1. The zero-order valence-corrected chi connectivity index (χ0v) is 14.4. The van der Waals surface area contributed by atoms with Crippen molar-refractivity contribution in [1.82, 2.24) is 5.16 Å². The summed E-state index contributed by atoms with van der Waals surface area (Å²) in [6.45, 7) is 6.00. The van der Waals surface area contributed by atoms with E-state index in [1.54, 1.807) is 13.0 Å². The standard InChI is InChI=1S/C16H19BrN2O3/c1-4-10(2)12-5-6-14(13(17)8-12)21-9-16(20)18-15-7-11(3)22-19-15/h5-8,10H,4,9H2,1-3H3,(H,18,19,20). The second kappa shape index (κ2) is 7.45. The molecule has 1 amide bonds. The van der Waals surface area contributed by atoms with Crippen molar-refractivity contribution in [2.45, 2.75) is 33.1 Å². The number of hydrogen-bond acceptors (Lipinski definition) is 4. The van der Waals surface area contributed by atoms with Gasteiger partial charge < -0.3 is 14.6 Å². The zero-order valence-electron chi connectivity index (χ0n) is 12.9. The predicted octanol–water partition coefficient (Wildman–Crippen LogP) is 4.28. The maximum atomic E-state index is 11.8. The number of rotatable bonds is 6. The molecule has 1 heterocycles. The molecule has 1 atom stereocenters. The van der Waals surface area contributed by atoms with E-state index in [1.807, 2.05) is 18.2 Å². The van der Waals surface area contributed by atoms with Gasteiger partial charge in [0.05, 0.1) is 4.47 Å². The third-order valence-corrected chi connectivity index (χ3v) is 4.01. The van der Waals surface area contributed by atoms with E-state index in [4.69, 9.17) is 9.26 Å². The average molecular weight is 367 g/mol. The SMILES string of the molecule is CCC(C)c1ccc(OCC(=O)Nc2cc(C)on2)c(Br)c1. The molecule has 1 aromatic carbocycles. The van der Waals surface area contributed by atoms with Crippen LogP contribution in [-0.2, 0) is 4.79 Å². The molecule has 0 radical (unpaired) electrons. The second-order valence-electron chi connectivity index (χ2n) is 5.16. The van der Waals surface area contributed by atoms with Crippen molar-refractivity contribution in [3.8, 4) is 5.75 Å². The number of hydrogen-bond donors (Lipinski definition) is 1. The Bertz CT molecular complexity index is 655. The van der Waals surface area contributed by atoms with Crippen LogP contribution >= 0.6 is 15.9 Å². The molecule has 0 aliphatic rings. The van der Waals surface area contributed by atoms with Crippen molar-refractivity contribution in [2.75, 3.05) is 11.9 Å². The van der Waals surface area contributed by atoms with Crippen LogP contribution in [-0.4, -0.2) is 17.7 Å². The minimum atomic E-state index is -0.286. The van der Waals surface area contributed by atoms with Crippen LogP contribution < -0.4 is 10.1 Å². The lowest BCUT2D eigenvalue weighted by atomic mass is 9.99. The lowest BCUT2D eigenvalue weighted by Crippen LogP contribution is -2.20. The van der Waals surface area contributed by atoms with E-state index in [9.17, 15) is 4.79 Å². The highest BCUT2D eigenvalue weighted by atomic mass is 79.9. The van der Waals surface area contributed by atoms with Crippen molar-refractivity contribution in [1.29, 1.82) is 0 Å². The third-order valence-electron chi connectivity index (χ3n) is 3.39. The molecule has 0 aliphatic heterocycles. The predicted molar refractivity (Wildman–Crippen MR) is 88.2 cm³/mol. The molecule has 1 unspecified atom stereocenters. The largest absolute Gasteiger partial charge is 0.483 e. The van der Waals surface area contributed by atoms with Crippen molar-refractivity contribution in [3.05, 3.63) is 40.1 Å². The highest BCUT2D eigenvalue weighted by molar-refractivity contribution is 9.10. The maximum Gasteiger partial charge on any atom is 0.263 e. The Balaban J connectivity index is 1.92. The third kappa shape index (κ3) is 4.34. The van der Waals surface area contributed by atoms with Gasteiger partial charge in [-0.15, -0.1) is 0 Å². The van der Waals surface area contributed by atoms with Crippen LogP contribution in [0.4, 0.5) is 5.82 Å². The number of benzene rings is 1. The summed E-state index contributed by atoms with van der Waals surface area (Å²) in [7, 11) is 0. The van der Waals surface area contributed by atoms with Gasteiger partial charge in [-0.2, -0.15) is 0 Å². The molecule has 2 rings (SSSR count). The van der Waals surface area contributed by atoms with Crippen LogP contribution in [0.15, 0.2) is 33.3 Å². The van der Waals surface area contributed by atoms with E-state index in [2.05, 4.69) is 40.3 Å². The lowest BCUT2D eigenvalue weighted by molar-refractivity contribution is -0.118. The Labute approximate surface area is 138 Å². The fourth-order valence-corrected chi connectivity index (χ4v) is 2.43. The number of ether oxygens (including phenoxy) is 1. The molecular formula is C16H19BrN2O3. The summed E-state index contributed by atoms with van der Waals surface area (Å²) < 4.78 is 11.3. The molecule has 1 N–H and O–H groups in total. The van der Waals surface area contributed by atoms with Gasteiger partial charge in [-0.05, 0) is 52.9 Å². The first kappa shape index (κ1) is 16.5. The van der Waals surface area contributed by atoms with E-state index in [-0.39, 0.29) is 12.5 Å². The van der Waals surface area contributed by atoms with Gasteiger partial charge >= 0.3 is 0 Å². The summed E-state index contributed by atoms with van der Waals surface area (Å²) in [5.41, 5.74) is 1.24. The summed E-state index contributed by atoms with van der Waals surface area (Å²) in [6.07, 6.45) is 1.08. The molecule has 0 saturated heterocycles. The molecule has 2 aromatic rings. The van der Waals surface area contributed by atoms with Crippen molar-refractivity contribution in [3.63, 3.8) is 0 Å². The maximum absolute atomic E-state index is 11.8. The molecule has 0 spiro atoms. The van der Waals surface area contributed by atoms with Crippen LogP contribution in [0.2, 0.25) is 0 Å². The first-order chi connectivity index (χ1) is 10.5. The quantitative estimate of drug-likeness (QED) is 0.828. The summed E-state index contributed by atoms with van der Waals surface area (Å²) in [6, 6.07) is 7.57. The molecule has 0 saturated carbocycles. The Morgan fingerprint density at radius 1 is 1.45 bits per heavy atom. The highest BCUT2D eigenvalue weighted by Gasteiger charge is 2.10. The minimum absolute atomic E-state index is 0.0901. The first-order valence-electron chi connectivity index (χ1n) is 7.15. The Hall–Kier alpha value is -1.82. The molecule has 1 aromatic heterocycles. The molecule has 0 bridgehead atoms. The van der Waals surface area contributed by atoms with Crippen LogP contribution in [0.25, 0.3) is 0 Å². The molecule has 22 heavy (non-hydrogen) atoms. The number of halogens is 1. The number of aromatic nitrogens is 1. The number of amides is 1. The summed E-state index contributed by atoms with van der Waals surface area (Å²) in [4.78, 5) is 11.8. The molecule has 118 valence electrons. The second-order valence-corrected chi connectivity index (χ2v) is 6.01. The van der Waals surface area contributed by atoms with Crippen LogP contribution in [0.1, 0.15) is 37.5 Å². The van der Waals surface area contributed by atoms with E-state index in [1.165, 1.54) is 5.56 Å². The van der Waals surface area contributed by atoms with Gasteiger partial charge in [0.25, 0.3) is 5.91 Å². The van der Waals surface area contributed by atoms with Gasteiger partial charge in [0.15, 0.2) is 12.4 Å². The van der Waals surface area contributed by atoms with E-state index < -0.39 is 0 Å². The van der Waals surface area contributed by atoms with Crippen LogP contribution in [0.5, 0.6) is 5.75 Å². The molecular weight excluding hydrogens is 348 g/mol. The van der Waals surface area contributed by atoms with Crippen LogP contribution in [0.3, 0.4) is 0 Å². The van der Waals surface area contributed by atoms with Crippen LogP contribution in [0, 0.1) is 6.92 Å². The normalized spacial score (nSPS) is 12.0. The van der Waals surface area contributed by atoms with Gasteiger partial charge in [-0.3, -0.25) is 4.79 Å². The summed E-state index contributed by atoms with van der Waals surface area (Å²) in [5, 5.41) is 6.30. The molecule has 5 nitrogen and oxygen atoms in total. The fourth-order valence-electron chi connectivity index (χ4n) is 1.92.